The maximum atomic E-state index is 11.2. The van der Waals surface area contributed by atoms with Gasteiger partial charge in [-0.2, -0.15) is 0 Å². The highest BCUT2D eigenvalue weighted by Gasteiger charge is 2.14. The topological polar surface area (TPSA) is 43.3 Å². The van der Waals surface area contributed by atoms with Crippen LogP contribution in [-0.2, 0) is 16.1 Å². The Hall–Kier alpha value is -1.29. The quantitative estimate of drug-likeness (QED) is 0.530. The Morgan fingerprint density at radius 1 is 1.33 bits per heavy atom. The summed E-state index contributed by atoms with van der Waals surface area (Å²) in [6, 6.07) is 2.61. The molecule has 0 aliphatic rings. The summed E-state index contributed by atoms with van der Waals surface area (Å²) in [6.07, 6.45) is 7.99. The van der Waals surface area contributed by atoms with Crippen molar-refractivity contribution in [3.05, 3.63) is 24.0 Å². The van der Waals surface area contributed by atoms with Gasteiger partial charge in [0.25, 0.3) is 0 Å². The number of ether oxygens (including phenoxy) is 1. The number of carbonyl (C=O) groups is 1. The maximum Gasteiger partial charge on any atom is 0.305 e. The first-order valence-corrected chi connectivity index (χ1v) is 8.07. The number of aromatic nitrogens is 1. The van der Waals surface area contributed by atoms with Gasteiger partial charge in [0.15, 0.2) is 0 Å². The van der Waals surface area contributed by atoms with E-state index >= 15 is 0 Å². The monoisotopic (exact) mass is 294 g/mol. The molecule has 0 bridgehead atoms. The Bertz CT molecular complexity index is 413. The summed E-state index contributed by atoms with van der Waals surface area (Å²) in [5.41, 5.74) is 1.35. The summed E-state index contributed by atoms with van der Waals surface area (Å²) < 4.78 is 7.16. The minimum Gasteiger partial charge on any atom is -0.466 e. The van der Waals surface area contributed by atoms with Gasteiger partial charge in [-0.25, -0.2) is 0 Å². The second-order valence-corrected chi connectivity index (χ2v) is 5.81. The van der Waals surface area contributed by atoms with E-state index in [1.165, 1.54) is 5.56 Å². The molecule has 120 valence electrons. The van der Waals surface area contributed by atoms with Crippen molar-refractivity contribution < 1.29 is 9.53 Å². The fourth-order valence-electron chi connectivity index (χ4n) is 2.64. The van der Waals surface area contributed by atoms with E-state index in [-0.39, 0.29) is 5.97 Å². The lowest BCUT2D eigenvalue weighted by Crippen LogP contribution is -2.21. The molecule has 1 atom stereocenters. The van der Waals surface area contributed by atoms with Gasteiger partial charge in [-0.15, -0.1) is 0 Å². The Morgan fingerprint density at radius 3 is 2.71 bits per heavy atom. The van der Waals surface area contributed by atoms with Crippen molar-refractivity contribution in [1.82, 2.24) is 9.88 Å². The van der Waals surface area contributed by atoms with Crippen molar-refractivity contribution >= 4 is 5.97 Å². The zero-order valence-corrected chi connectivity index (χ0v) is 13.9. The minimum atomic E-state index is -0.0745. The Balaban J connectivity index is 2.27. The summed E-state index contributed by atoms with van der Waals surface area (Å²) in [4.78, 5) is 11.2. The van der Waals surface area contributed by atoms with Crippen molar-refractivity contribution in [2.24, 2.45) is 5.92 Å². The van der Waals surface area contributed by atoms with Gasteiger partial charge in [-0.1, -0.05) is 20.3 Å². The molecule has 1 aromatic heterocycles. The van der Waals surface area contributed by atoms with Crippen LogP contribution in [-0.4, -0.2) is 24.2 Å². The van der Waals surface area contributed by atoms with Crippen LogP contribution in [0.25, 0.3) is 0 Å². The number of hydrogen-bond donors (Lipinski definition) is 1. The van der Waals surface area contributed by atoms with Crippen molar-refractivity contribution in [2.45, 2.75) is 59.0 Å². The average Bonchev–Trinajstić information content (AvgIpc) is 2.87. The molecule has 21 heavy (non-hydrogen) atoms. The van der Waals surface area contributed by atoms with Crippen molar-refractivity contribution in [1.29, 1.82) is 0 Å². The fraction of sp³-hybridized carbons (Fsp3) is 0.706. The molecule has 0 fully saturated rings. The second kappa shape index (κ2) is 9.61. The Labute approximate surface area is 128 Å². The van der Waals surface area contributed by atoms with Crippen LogP contribution in [0.5, 0.6) is 0 Å². The number of rotatable bonds is 10. The lowest BCUT2D eigenvalue weighted by Gasteiger charge is -2.18. The molecule has 0 aliphatic carbocycles. The maximum absolute atomic E-state index is 11.2. The molecule has 1 aromatic rings. The number of carbonyl (C=O) groups excluding carboxylic acids is 1. The van der Waals surface area contributed by atoms with Gasteiger partial charge in [0, 0.05) is 31.4 Å². The number of esters is 1. The summed E-state index contributed by atoms with van der Waals surface area (Å²) in [5.74, 6) is 0.505. The number of aryl methyl sites for hydroxylation is 1. The Kier molecular flexibility index (Phi) is 8.13. The van der Waals surface area contributed by atoms with E-state index in [1.54, 1.807) is 0 Å². The first-order valence-electron chi connectivity index (χ1n) is 8.07. The molecule has 1 unspecified atom stereocenters. The molecule has 0 spiro atoms. The zero-order valence-electron chi connectivity index (χ0n) is 13.9. The van der Waals surface area contributed by atoms with E-state index < -0.39 is 0 Å². The van der Waals surface area contributed by atoms with E-state index in [9.17, 15) is 4.79 Å². The number of unbranched alkanes of at least 4 members (excludes halogenated alkanes) is 2. The highest BCUT2D eigenvalue weighted by molar-refractivity contribution is 5.69. The third-order valence-electron chi connectivity index (χ3n) is 3.71. The van der Waals surface area contributed by atoms with Crippen LogP contribution in [0.1, 0.15) is 58.1 Å². The number of nitrogens with zero attached hydrogens (tertiary/aromatic N) is 1. The van der Waals surface area contributed by atoms with Crippen molar-refractivity contribution in [2.75, 3.05) is 13.7 Å². The van der Waals surface area contributed by atoms with Gasteiger partial charge in [-0.05, 0) is 44.4 Å². The molecule has 4 heteroatoms. The van der Waals surface area contributed by atoms with Crippen LogP contribution in [0, 0.1) is 5.92 Å². The molecule has 1 N–H and O–H groups in total. The van der Waals surface area contributed by atoms with Crippen LogP contribution >= 0.6 is 0 Å². The van der Waals surface area contributed by atoms with Crippen molar-refractivity contribution in [3.63, 3.8) is 0 Å². The van der Waals surface area contributed by atoms with Crippen LogP contribution < -0.4 is 5.32 Å². The first kappa shape index (κ1) is 17.8. The fourth-order valence-corrected chi connectivity index (χ4v) is 2.64. The van der Waals surface area contributed by atoms with E-state index in [2.05, 4.69) is 42.2 Å². The van der Waals surface area contributed by atoms with Gasteiger partial charge in [0.2, 0.25) is 0 Å². The number of nitrogens with one attached hydrogen (secondary N) is 1. The average molecular weight is 294 g/mol. The van der Waals surface area contributed by atoms with Crippen molar-refractivity contribution in [3.8, 4) is 0 Å². The minimum absolute atomic E-state index is 0.0745. The molecule has 4 nitrogen and oxygen atoms in total. The van der Waals surface area contributed by atoms with Gasteiger partial charge in [-0.3, -0.25) is 4.79 Å². The van der Waals surface area contributed by atoms with Gasteiger partial charge < -0.3 is 14.6 Å². The molecule has 0 amide bonds. The van der Waals surface area contributed by atoms with E-state index in [0.717, 1.165) is 25.8 Å². The molecule has 1 rings (SSSR count). The SMILES string of the molecule is CCOC(=O)CCCCCn1ccc(C(NC)C(C)C)c1. The summed E-state index contributed by atoms with van der Waals surface area (Å²) in [7, 11) is 2.01. The molecule has 1 heterocycles. The van der Waals surface area contributed by atoms with Crippen LogP contribution in [0.3, 0.4) is 0 Å². The van der Waals surface area contributed by atoms with Gasteiger partial charge >= 0.3 is 5.97 Å². The van der Waals surface area contributed by atoms with Gasteiger partial charge in [0.05, 0.1) is 6.61 Å². The van der Waals surface area contributed by atoms with Crippen LogP contribution in [0.4, 0.5) is 0 Å². The Morgan fingerprint density at radius 2 is 2.10 bits per heavy atom. The summed E-state index contributed by atoms with van der Waals surface area (Å²) in [5, 5.41) is 3.37. The molecule has 0 saturated carbocycles. The highest BCUT2D eigenvalue weighted by Crippen LogP contribution is 2.21. The molecule has 0 aromatic carbocycles. The molecular weight excluding hydrogens is 264 g/mol. The van der Waals surface area contributed by atoms with E-state index in [1.807, 2.05) is 14.0 Å². The van der Waals surface area contributed by atoms with E-state index in [0.29, 0.717) is 25.0 Å². The van der Waals surface area contributed by atoms with Crippen LogP contribution in [0.15, 0.2) is 18.5 Å². The number of hydrogen-bond acceptors (Lipinski definition) is 3. The molecule has 0 radical (unpaired) electrons. The van der Waals surface area contributed by atoms with Crippen LogP contribution in [0.2, 0.25) is 0 Å². The standard InChI is InChI=1S/C17H30N2O2/c1-5-21-16(20)9-7-6-8-11-19-12-10-15(13-19)17(18-4)14(2)3/h10,12-14,17-18H,5-9,11H2,1-4H3. The third-order valence-corrected chi connectivity index (χ3v) is 3.71. The first-order chi connectivity index (χ1) is 10.1. The summed E-state index contributed by atoms with van der Waals surface area (Å²) in [6.45, 7) is 7.80. The highest BCUT2D eigenvalue weighted by atomic mass is 16.5. The molecule has 0 saturated heterocycles. The largest absolute Gasteiger partial charge is 0.466 e. The van der Waals surface area contributed by atoms with Gasteiger partial charge in [0.1, 0.15) is 0 Å². The normalized spacial score (nSPS) is 12.6. The second-order valence-electron chi connectivity index (χ2n) is 5.81. The predicted molar refractivity (Wildman–Crippen MR) is 86.2 cm³/mol. The molecule has 0 aliphatic heterocycles. The van der Waals surface area contributed by atoms with E-state index in [4.69, 9.17) is 4.74 Å². The summed E-state index contributed by atoms with van der Waals surface area (Å²) >= 11 is 0. The molecular formula is C17H30N2O2. The predicted octanol–water partition coefficient (Wildman–Crippen LogP) is 3.53. The zero-order chi connectivity index (χ0) is 15.7. The third kappa shape index (κ3) is 6.34. The lowest BCUT2D eigenvalue weighted by molar-refractivity contribution is -0.143. The lowest BCUT2D eigenvalue weighted by atomic mass is 9.99. The smallest absolute Gasteiger partial charge is 0.305 e.